The maximum atomic E-state index is 13.3. The van der Waals surface area contributed by atoms with Crippen molar-refractivity contribution in [3.63, 3.8) is 0 Å². The van der Waals surface area contributed by atoms with Gasteiger partial charge < -0.3 is 20.1 Å². The molecule has 0 bridgehead atoms. The number of hydrogen-bond donors (Lipinski definition) is 2. The molecule has 9 heteroatoms. The Morgan fingerprint density at radius 1 is 1.15 bits per heavy atom. The predicted octanol–water partition coefficient (Wildman–Crippen LogP) is 4.32. The number of nitrogens with one attached hydrogen (secondary N) is 1. The van der Waals surface area contributed by atoms with Crippen LogP contribution in [-0.4, -0.2) is 57.1 Å². The lowest BCUT2D eigenvalue weighted by Crippen LogP contribution is -2.47. The lowest BCUT2D eigenvalue weighted by atomic mass is 9.79. The second-order valence-corrected chi connectivity index (χ2v) is 12.9. The number of aliphatic hydroxyl groups excluding tert-OH is 1. The number of Topliss-reactive ketones (excluding diaryl/α,β-unsaturated/α-hetero) is 2. The quantitative estimate of drug-likeness (QED) is 0.427. The maximum absolute atomic E-state index is 13.3. The summed E-state index contributed by atoms with van der Waals surface area (Å²) in [6.45, 7) is 11.5. The first-order valence-electron chi connectivity index (χ1n) is 13.5. The van der Waals surface area contributed by atoms with Crippen LogP contribution in [0.2, 0.25) is 0 Å². The summed E-state index contributed by atoms with van der Waals surface area (Å²) >= 11 is 1.58. The highest BCUT2D eigenvalue weighted by atomic mass is 32.1. The molecule has 2 N–H and O–H groups in total. The Hall–Kier alpha value is -2.91. The van der Waals surface area contributed by atoms with Crippen molar-refractivity contribution in [2.75, 3.05) is 6.54 Å². The van der Waals surface area contributed by atoms with Crippen molar-refractivity contribution >= 4 is 34.7 Å². The highest BCUT2D eigenvalue weighted by Crippen LogP contribution is 2.30. The van der Waals surface area contributed by atoms with E-state index in [1.165, 1.54) is 11.8 Å². The molecular weight excluding hydrogens is 514 g/mol. The van der Waals surface area contributed by atoms with Gasteiger partial charge in [-0.2, -0.15) is 0 Å². The fourth-order valence-electron chi connectivity index (χ4n) is 5.19. The van der Waals surface area contributed by atoms with Crippen molar-refractivity contribution in [3.05, 3.63) is 41.0 Å². The lowest BCUT2D eigenvalue weighted by Gasteiger charge is -2.28. The number of benzene rings is 1. The predicted molar refractivity (Wildman–Crippen MR) is 152 cm³/mol. The molecule has 4 atom stereocenters. The Balaban J connectivity index is 1.60. The molecule has 1 aromatic carbocycles. The molecule has 0 spiro atoms. The summed E-state index contributed by atoms with van der Waals surface area (Å²) in [4.78, 5) is 58.1. The van der Waals surface area contributed by atoms with Crippen LogP contribution >= 0.6 is 11.3 Å². The summed E-state index contributed by atoms with van der Waals surface area (Å²) in [6, 6.07) is 7.09. The molecule has 0 aliphatic carbocycles. The van der Waals surface area contributed by atoms with Crippen molar-refractivity contribution in [2.45, 2.75) is 85.9 Å². The van der Waals surface area contributed by atoms with Crippen molar-refractivity contribution in [1.29, 1.82) is 0 Å². The molecule has 212 valence electrons. The van der Waals surface area contributed by atoms with Gasteiger partial charge in [-0.1, -0.05) is 52.0 Å². The number of aromatic nitrogens is 1. The first-order chi connectivity index (χ1) is 18.2. The van der Waals surface area contributed by atoms with Gasteiger partial charge in [0.15, 0.2) is 0 Å². The number of aliphatic hydroxyl groups is 1. The number of thiazole rings is 1. The summed E-state index contributed by atoms with van der Waals surface area (Å²) in [5.41, 5.74) is 4.64. The van der Waals surface area contributed by atoms with E-state index in [0.717, 1.165) is 21.7 Å². The van der Waals surface area contributed by atoms with Crippen LogP contribution in [0.1, 0.15) is 71.6 Å². The third-order valence-electron chi connectivity index (χ3n) is 7.07. The van der Waals surface area contributed by atoms with Crippen molar-refractivity contribution in [1.82, 2.24) is 15.2 Å². The fourth-order valence-corrected chi connectivity index (χ4v) is 6.00. The molecule has 0 unspecified atom stereocenters. The number of carbonyl (C=O) groups is 4. The van der Waals surface area contributed by atoms with Crippen LogP contribution < -0.4 is 5.32 Å². The Morgan fingerprint density at radius 2 is 1.82 bits per heavy atom. The van der Waals surface area contributed by atoms with Gasteiger partial charge >= 0.3 is 0 Å². The molecule has 0 radical (unpaired) electrons. The first kappa shape index (κ1) is 30.6. The number of β-amino-alcohol motifs (C(OH)–C–C–N with tert-alkyl or cyclic N) is 1. The van der Waals surface area contributed by atoms with E-state index in [-0.39, 0.29) is 54.6 Å². The van der Waals surface area contributed by atoms with Gasteiger partial charge in [-0.25, -0.2) is 4.98 Å². The zero-order chi connectivity index (χ0) is 28.9. The Labute approximate surface area is 235 Å². The molecule has 1 saturated heterocycles. The number of nitrogens with zero attached hydrogens (tertiary/aromatic N) is 2. The molecule has 2 aromatic rings. The SMILES string of the molecule is CC(=O)C[C@@H](CC(C)(C)C)C(=O)C[C@@H](C)C(=O)N1C[C@H](O)C[C@H]1C(=O)NCc1ccc(-c2scnc2C)cc1. The molecule has 2 heterocycles. The summed E-state index contributed by atoms with van der Waals surface area (Å²) in [6.07, 6.45) is 0.0683. The molecule has 8 nitrogen and oxygen atoms in total. The van der Waals surface area contributed by atoms with Gasteiger partial charge in [0.05, 0.1) is 22.2 Å². The molecule has 1 aromatic heterocycles. The van der Waals surface area contributed by atoms with Gasteiger partial charge in [0, 0.05) is 44.2 Å². The average Bonchev–Trinajstić information content (AvgIpc) is 3.46. The second kappa shape index (κ2) is 13.0. The van der Waals surface area contributed by atoms with Gasteiger partial charge in [-0.15, -0.1) is 11.3 Å². The number of ketones is 2. The third-order valence-corrected chi connectivity index (χ3v) is 8.05. The van der Waals surface area contributed by atoms with E-state index in [4.69, 9.17) is 0 Å². The summed E-state index contributed by atoms with van der Waals surface area (Å²) in [5, 5.41) is 13.2. The van der Waals surface area contributed by atoms with Crippen LogP contribution in [0.25, 0.3) is 10.4 Å². The molecule has 1 aliphatic rings. The Morgan fingerprint density at radius 3 is 2.38 bits per heavy atom. The standard InChI is InChI=1S/C30H41N3O5S/c1-18(11-26(36)23(12-19(2)34)14-30(4,5)6)29(38)33-16-24(35)13-25(33)28(37)31-15-21-7-9-22(10-8-21)27-20(3)32-17-39-27/h7-10,17-18,23-25,35H,11-16H2,1-6H3,(H,31,37)/t18-,23+,24-,25+/m1/s1. The molecule has 0 saturated carbocycles. The minimum atomic E-state index is -0.805. The zero-order valence-electron chi connectivity index (χ0n) is 23.8. The number of hydrogen-bond acceptors (Lipinski definition) is 7. The molecule has 1 aliphatic heterocycles. The number of carbonyl (C=O) groups excluding carboxylic acids is 4. The van der Waals surface area contributed by atoms with Crippen LogP contribution in [0.4, 0.5) is 0 Å². The summed E-state index contributed by atoms with van der Waals surface area (Å²) in [7, 11) is 0. The minimum absolute atomic E-state index is 0.000618. The maximum Gasteiger partial charge on any atom is 0.243 e. The van der Waals surface area contributed by atoms with Gasteiger partial charge in [0.1, 0.15) is 17.6 Å². The third kappa shape index (κ3) is 8.54. The van der Waals surface area contributed by atoms with Gasteiger partial charge in [-0.3, -0.25) is 14.4 Å². The van der Waals surface area contributed by atoms with Crippen LogP contribution in [0.5, 0.6) is 0 Å². The lowest BCUT2D eigenvalue weighted by molar-refractivity contribution is -0.143. The molecule has 2 amide bonds. The number of rotatable bonds is 11. The van der Waals surface area contributed by atoms with Crippen molar-refractivity contribution < 1.29 is 24.3 Å². The largest absolute Gasteiger partial charge is 0.391 e. The van der Waals surface area contributed by atoms with Gasteiger partial charge in [-0.05, 0) is 36.8 Å². The van der Waals surface area contributed by atoms with Crippen LogP contribution in [-0.2, 0) is 25.7 Å². The van der Waals surface area contributed by atoms with Crippen LogP contribution in [0.3, 0.4) is 0 Å². The molecule has 3 rings (SSSR count). The van der Waals surface area contributed by atoms with E-state index in [2.05, 4.69) is 10.3 Å². The number of likely N-dealkylation sites (tertiary alicyclic amines) is 1. The topological polar surface area (TPSA) is 117 Å². The fraction of sp³-hybridized carbons (Fsp3) is 0.567. The van der Waals surface area contributed by atoms with Gasteiger partial charge in [0.2, 0.25) is 11.8 Å². The van der Waals surface area contributed by atoms with E-state index < -0.39 is 24.0 Å². The number of amides is 2. The van der Waals surface area contributed by atoms with Crippen LogP contribution in [0.15, 0.2) is 29.8 Å². The molecule has 39 heavy (non-hydrogen) atoms. The normalized spacial score (nSPS) is 19.0. The van der Waals surface area contributed by atoms with Crippen LogP contribution in [0, 0.1) is 24.2 Å². The van der Waals surface area contributed by atoms with E-state index in [9.17, 15) is 24.3 Å². The van der Waals surface area contributed by atoms with E-state index in [1.807, 2.05) is 57.5 Å². The van der Waals surface area contributed by atoms with E-state index >= 15 is 0 Å². The number of aryl methyl sites for hydroxylation is 1. The van der Waals surface area contributed by atoms with Crippen molar-refractivity contribution in [2.24, 2.45) is 17.3 Å². The summed E-state index contributed by atoms with van der Waals surface area (Å²) < 4.78 is 0. The first-order valence-corrected chi connectivity index (χ1v) is 14.4. The van der Waals surface area contributed by atoms with E-state index in [1.54, 1.807) is 18.3 Å². The highest BCUT2D eigenvalue weighted by molar-refractivity contribution is 7.13. The molecule has 1 fully saturated rings. The summed E-state index contributed by atoms with van der Waals surface area (Å²) in [5.74, 6) is -1.92. The highest BCUT2D eigenvalue weighted by Gasteiger charge is 2.41. The Kier molecular flexibility index (Phi) is 10.2. The van der Waals surface area contributed by atoms with Crippen molar-refractivity contribution in [3.8, 4) is 10.4 Å². The smallest absolute Gasteiger partial charge is 0.243 e. The monoisotopic (exact) mass is 555 g/mol. The Bertz CT molecular complexity index is 1180. The zero-order valence-corrected chi connectivity index (χ0v) is 24.6. The average molecular weight is 556 g/mol. The molecular formula is C30H41N3O5S. The second-order valence-electron chi connectivity index (χ2n) is 12.0. The minimum Gasteiger partial charge on any atom is -0.391 e. The van der Waals surface area contributed by atoms with E-state index in [0.29, 0.717) is 13.0 Å². The van der Waals surface area contributed by atoms with Gasteiger partial charge in [0.25, 0.3) is 0 Å².